The van der Waals surface area contributed by atoms with Crippen molar-refractivity contribution in [3.63, 3.8) is 0 Å². The van der Waals surface area contributed by atoms with Crippen molar-refractivity contribution < 1.29 is 10.9 Å². The number of hydrogen-bond acceptors (Lipinski definition) is 3. The first kappa shape index (κ1) is 29.0. The standard InChI is InChI=1S/C12H15N3.C11H14O.C6H12O.H2/c1-2-9-14-12(13)15-10-11-7-5-3-4-6-8-11;1-2-4-10(5-3-1)8-12-9-11-6-7-11;1-3-4-5-6-7-2;/h2-3,5-10H,4H2,1H3,(H2,13,14);1-5,11H,6-9H2;3H,1,4-6H2,2H3;1H/b9-2-,15-10+;;;. The molecule has 1 aromatic carbocycles. The van der Waals surface area contributed by atoms with Gasteiger partial charge >= 0.3 is 0 Å². The molecule has 0 unspecified atom stereocenters. The second-order valence-corrected chi connectivity index (χ2v) is 7.83. The lowest BCUT2D eigenvalue weighted by Gasteiger charge is -2.01. The molecule has 0 saturated heterocycles. The molecule has 1 fully saturated rings. The summed E-state index contributed by atoms with van der Waals surface area (Å²) in [7, 11) is 1.71. The van der Waals surface area contributed by atoms with Gasteiger partial charge in [-0.2, -0.15) is 0 Å². The Bertz CT molecular complexity index is 839. The Morgan fingerprint density at radius 1 is 1.24 bits per heavy atom. The summed E-state index contributed by atoms with van der Waals surface area (Å²) in [6.45, 7) is 8.04. The van der Waals surface area contributed by atoms with E-state index in [2.05, 4.69) is 53.0 Å². The molecule has 2 N–H and O–H groups in total. The maximum absolute atomic E-state index is 5.55. The third-order valence-electron chi connectivity index (χ3n) is 4.63. The van der Waals surface area contributed by atoms with E-state index in [0.29, 0.717) is 0 Å². The van der Waals surface area contributed by atoms with E-state index in [0.717, 1.165) is 50.6 Å². The summed E-state index contributed by atoms with van der Waals surface area (Å²) in [5, 5.41) is 0. The van der Waals surface area contributed by atoms with E-state index in [1.165, 1.54) is 18.4 Å². The molecule has 0 amide bonds. The number of nitrogens with zero attached hydrogens (tertiary/aromatic N) is 2. The molecule has 5 nitrogen and oxygen atoms in total. The highest BCUT2D eigenvalue weighted by molar-refractivity contribution is 5.94. The van der Waals surface area contributed by atoms with Gasteiger partial charge in [-0.25, -0.2) is 9.98 Å². The molecule has 1 saturated carbocycles. The molecular weight excluding hydrogens is 422 g/mol. The van der Waals surface area contributed by atoms with Crippen molar-refractivity contribution in [2.24, 2.45) is 21.6 Å². The Morgan fingerprint density at radius 3 is 2.71 bits per heavy atom. The molecule has 0 aromatic heterocycles. The normalized spacial score (nSPS) is 15.2. The Balaban J connectivity index is 0.000000520. The van der Waals surface area contributed by atoms with E-state index in [1.807, 2.05) is 37.3 Å². The average Bonchev–Trinajstić information content (AvgIpc) is 3.71. The third-order valence-corrected chi connectivity index (χ3v) is 4.63. The summed E-state index contributed by atoms with van der Waals surface area (Å²) in [6.07, 6.45) is 23.0. The van der Waals surface area contributed by atoms with Crippen molar-refractivity contribution in [1.82, 2.24) is 0 Å². The number of benzene rings is 1. The topological polar surface area (TPSA) is 69.2 Å². The summed E-state index contributed by atoms with van der Waals surface area (Å²) in [6, 6.07) is 10.3. The van der Waals surface area contributed by atoms with Crippen LogP contribution in [-0.2, 0) is 16.1 Å². The van der Waals surface area contributed by atoms with Gasteiger partial charge in [-0.1, -0.05) is 72.9 Å². The van der Waals surface area contributed by atoms with Crippen LogP contribution in [0.4, 0.5) is 0 Å². The van der Waals surface area contributed by atoms with Crippen LogP contribution < -0.4 is 5.73 Å². The van der Waals surface area contributed by atoms with Gasteiger partial charge in [-0.15, -0.1) is 6.58 Å². The van der Waals surface area contributed by atoms with Crippen LogP contribution in [0.15, 0.2) is 101 Å². The molecule has 5 heteroatoms. The van der Waals surface area contributed by atoms with E-state index >= 15 is 0 Å². The number of hydrogen-bond donors (Lipinski definition) is 1. The van der Waals surface area contributed by atoms with Crippen molar-refractivity contribution in [2.45, 2.75) is 45.6 Å². The fraction of sp³-hybridized carbons (Fsp3) is 0.379. The summed E-state index contributed by atoms with van der Waals surface area (Å²) in [5.41, 5.74) is 7.84. The van der Waals surface area contributed by atoms with E-state index in [-0.39, 0.29) is 7.39 Å². The zero-order chi connectivity index (χ0) is 24.7. The van der Waals surface area contributed by atoms with Gasteiger partial charge in [0.1, 0.15) is 0 Å². The van der Waals surface area contributed by atoms with Gasteiger partial charge in [0.2, 0.25) is 5.96 Å². The number of allylic oxidation sites excluding steroid dienone is 8. The Kier molecular flexibility index (Phi) is 17.6. The molecule has 0 spiro atoms. The summed E-state index contributed by atoms with van der Waals surface area (Å²) in [5.74, 6) is 1.13. The molecule has 0 atom stereocenters. The van der Waals surface area contributed by atoms with Gasteiger partial charge in [0.25, 0.3) is 0 Å². The fourth-order valence-electron chi connectivity index (χ4n) is 2.58. The van der Waals surface area contributed by atoms with E-state index in [4.69, 9.17) is 15.2 Å². The second-order valence-electron chi connectivity index (χ2n) is 7.83. The third kappa shape index (κ3) is 17.5. The predicted molar refractivity (Wildman–Crippen MR) is 148 cm³/mol. The smallest absolute Gasteiger partial charge is 0.219 e. The molecule has 2 aliphatic carbocycles. The Morgan fingerprint density at radius 2 is 2.03 bits per heavy atom. The zero-order valence-corrected chi connectivity index (χ0v) is 20.8. The molecule has 0 bridgehead atoms. The molecular formula is C29H43N3O2. The quantitative estimate of drug-likeness (QED) is 0.179. The highest BCUT2D eigenvalue weighted by Gasteiger charge is 2.20. The van der Waals surface area contributed by atoms with Gasteiger partial charge in [0.15, 0.2) is 0 Å². The molecule has 2 aliphatic rings. The monoisotopic (exact) mass is 465 g/mol. The van der Waals surface area contributed by atoms with E-state index in [9.17, 15) is 0 Å². The van der Waals surface area contributed by atoms with Crippen LogP contribution >= 0.6 is 0 Å². The predicted octanol–water partition coefficient (Wildman–Crippen LogP) is 6.81. The number of nitrogens with two attached hydrogens (primary N) is 1. The first-order valence-electron chi connectivity index (χ1n) is 11.9. The largest absolute Gasteiger partial charge is 0.385 e. The minimum atomic E-state index is 0. The van der Waals surface area contributed by atoms with Gasteiger partial charge in [-0.05, 0) is 56.1 Å². The Labute approximate surface area is 207 Å². The van der Waals surface area contributed by atoms with Crippen molar-refractivity contribution in [1.29, 1.82) is 0 Å². The van der Waals surface area contributed by atoms with Crippen LogP contribution in [0.2, 0.25) is 0 Å². The fourth-order valence-corrected chi connectivity index (χ4v) is 2.58. The van der Waals surface area contributed by atoms with Crippen molar-refractivity contribution in [3.05, 3.63) is 96.8 Å². The van der Waals surface area contributed by atoms with Gasteiger partial charge in [0, 0.05) is 34.2 Å². The molecule has 3 rings (SSSR count). The second kappa shape index (κ2) is 20.6. The van der Waals surface area contributed by atoms with Gasteiger partial charge < -0.3 is 15.2 Å². The molecule has 0 heterocycles. The average molecular weight is 466 g/mol. The number of rotatable bonds is 10. The number of unbranched alkanes of at least 4 members (excludes halogenated alkanes) is 1. The minimum absolute atomic E-state index is 0. The van der Waals surface area contributed by atoms with Crippen molar-refractivity contribution in [3.8, 4) is 0 Å². The van der Waals surface area contributed by atoms with Gasteiger partial charge in [-0.3, -0.25) is 0 Å². The molecule has 0 aliphatic heterocycles. The lowest BCUT2D eigenvalue weighted by molar-refractivity contribution is 0.111. The highest BCUT2D eigenvalue weighted by atomic mass is 16.5. The van der Waals surface area contributed by atoms with Crippen molar-refractivity contribution in [2.75, 3.05) is 20.3 Å². The molecule has 1 aromatic rings. The first-order valence-corrected chi connectivity index (χ1v) is 11.9. The lowest BCUT2D eigenvalue weighted by atomic mass is 10.2. The Hall–Kier alpha value is -3.02. The van der Waals surface area contributed by atoms with E-state index < -0.39 is 0 Å². The summed E-state index contributed by atoms with van der Waals surface area (Å²) in [4.78, 5) is 7.92. The SMILES string of the molecule is C=CCCCOC.C\C=C/N=C(N)\N=C\C1=CC=CCC=C1.[HH].c1ccc(COCC2CC2)cc1. The maximum Gasteiger partial charge on any atom is 0.219 e. The summed E-state index contributed by atoms with van der Waals surface area (Å²) >= 11 is 0. The molecule has 0 radical (unpaired) electrons. The van der Waals surface area contributed by atoms with Crippen LogP contribution in [-0.4, -0.2) is 32.5 Å². The molecule has 186 valence electrons. The maximum atomic E-state index is 5.55. The van der Waals surface area contributed by atoms with Crippen LogP contribution in [0.1, 0.15) is 46.0 Å². The van der Waals surface area contributed by atoms with Gasteiger partial charge in [0.05, 0.1) is 6.61 Å². The zero-order valence-electron chi connectivity index (χ0n) is 20.8. The highest BCUT2D eigenvalue weighted by Crippen LogP contribution is 2.29. The number of methoxy groups -OCH3 is 1. The van der Waals surface area contributed by atoms with Crippen LogP contribution in [0.3, 0.4) is 0 Å². The lowest BCUT2D eigenvalue weighted by Crippen LogP contribution is -2.07. The number of aliphatic imine (C=N–C) groups is 2. The summed E-state index contributed by atoms with van der Waals surface area (Å²) < 4.78 is 10.3. The first-order chi connectivity index (χ1) is 16.7. The minimum Gasteiger partial charge on any atom is -0.385 e. The van der Waals surface area contributed by atoms with Crippen molar-refractivity contribution >= 4 is 12.2 Å². The van der Waals surface area contributed by atoms with Crippen LogP contribution in [0.25, 0.3) is 0 Å². The number of guanidine groups is 1. The van der Waals surface area contributed by atoms with Crippen LogP contribution in [0.5, 0.6) is 0 Å². The van der Waals surface area contributed by atoms with E-state index in [1.54, 1.807) is 25.6 Å². The molecule has 34 heavy (non-hydrogen) atoms. The number of ether oxygens (including phenoxy) is 2. The van der Waals surface area contributed by atoms with Crippen LogP contribution in [0, 0.1) is 5.92 Å².